The third kappa shape index (κ3) is 29.4. The number of benzene rings is 1. The van der Waals surface area contributed by atoms with Crippen molar-refractivity contribution in [2.24, 2.45) is 0 Å². The van der Waals surface area contributed by atoms with Gasteiger partial charge in [0, 0.05) is 5.56 Å². The number of aromatic nitrogens is 3. The summed E-state index contributed by atoms with van der Waals surface area (Å²) in [5, 5.41) is 67.6. The van der Waals surface area contributed by atoms with Gasteiger partial charge in [0.25, 0.3) is 0 Å². The minimum absolute atomic E-state index is 0.0607. The monoisotopic (exact) mass is 1010 g/mol. The van der Waals surface area contributed by atoms with Gasteiger partial charge in [0.15, 0.2) is 6.29 Å². The maximum Gasteiger partial charge on any atom is 0.186 e. The summed E-state index contributed by atoms with van der Waals surface area (Å²) in [5.41, 5.74) is 2.86. The van der Waals surface area contributed by atoms with Crippen LogP contribution in [-0.2, 0) is 22.4 Å². The van der Waals surface area contributed by atoms with Crippen LogP contribution in [0.25, 0.3) is 11.3 Å². The number of aliphatic hydroxyl groups is 5. The van der Waals surface area contributed by atoms with Gasteiger partial charge in [-0.1, -0.05) is 281 Å². The number of aryl methyl sites for hydroxylation is 1. The zero-order valence-electron chi connectivity index (χ0n) is 46.6. The van der Waals surface area contributed by atoms with E-state index in [1.165, 1.54) is 205 Å². The molecule has 72 heavy (non-hydrogen) atoms. The molecule has 11 heteroatoms. The molecule has 0 unspecified atom stereocenters. The molecular formula is C61H112N4O7. The predicted molar refractivity (Wildman–Crippen MR) is 298 cm³/mol. The summed E-state index contributed by atoms with van der Waals surface area (Å²) in [7, 11) is 0. The Labute approximate surface area is 440 Å². The molecule has 6 N–H and O–H groups in total. The zero-order chi connectivity index (χ0) is 51.7. The fourth-order valence-corrected chi connectivity index (χ4v) is 10.5. The lowest BCUT2D eigenvalue weighted by Crippen LogP contribution is -2.60. The molecule has 1 aromatic carbocycles. The fraction of sp³-hybridized carbons (Fsp3) is 0.869. The molecule has 1 saturated heterocycles. The molecule has 0 spiro atoms. The highest BCUT2D eigenvalue weighted by Crippen LogP contribution is 2.26. The summed E-state index contributed by atoms with van der Waals surface area (Å²) in [6, 6.07) is 7.60. The van der Waals surface area contributed by atoms with Crippen molar-refractivity contribution < 1.29 is 35.0 Å². The number of aliphatic hydroxyl groups excluding tert-OH is 5. The van der Waals surface area contributed by atoms with Gasteiger partial charge in [0.1, 0.15) is 30.1 Å². The van der Waals surface area contributed by atoms with Crippen molar-refractivity contribution in [3.63, 3.8) is 0 Å². The summed E-state index contributed by atoms with van der Waals surface area (Å²) < 4.78 is 13.8. The molecule has 3 rings (SSSR count). The van der Waals surface area contributed by atoms with Crippen molar-refractivity contribution >= 4 is 0 Å². The second-order valence-electron chi connectivity index (χ2n) is 22.0. The lowest BCUT2D eigenvalue weighted by molar-refractivity contribution is -0.301. The van der Waals surface area contributed by atoms with E-state index in [2.05, 4.69) is 48.5 Å². The Kier molecular flexibility index (Phi) is 38.6. The molecule has 0 bridgehead atoms. The molecule has 1 aliphatic rings. The highest BCUT2D eigenvalue weighted by Gasteiger charge is 2.45. The zero-order valence-corrected chi connectivity index (χ0v) is 46.6. The van der Waals surface area contributed by atoms with E-state index >= 15 is 0 Å². The number of unbranched alkanes of at least 4 members (excludes halogenated alkanes) is 34. The minimum atomic E-state index is -1.52. The van der Waals surface area contributed by atoms with Crippen LogP contribution in [0.2, 0.25) is 0 Å². The Morgan fingerprint density at radius 3 is 1.42 bits per heavy atom. The van der Waals surface area contributed by atoms with Gasteiger partial charge in [0.05, 0.1) is 37.6 Å². The maximum absolute atomic E-state index is 11.5. The van der Waals surface area contributed by atoms with Crippen molar-refractivity contribution in [3.05, 3.63) is 36.0 Å². The van der Waals surface area contributed by atoms with Gasteiger partial charge >= 0.3 is 0 Å². The highest BCUT2D eigenvalue weighted by molar-refractivity contribution is 5.58. The average molecular weight is 1010 g/mol. The molecule has 0 aliphatic carbocycles. The number of nitrogens with one attached hydrogen (secondary N) is 1. The van der Waals surface area contributed by atoms with Crippen LogP contribution < -0.4 is 5.32 Å². The molecule has 1 aliphatic heterocycles. The molecule has 11 nitrogen and oxygen atoms in total. The quantitative estimate of drug-likeness (QED) is 0.0352. The van der Waals surface area contributed by atoms with Gasteiger partial charge in [-0.2, -0.15) is 0 Å². The summed E-state index contributed by atoms with van der Waals surface area (Å²) in [6.07, 6.45) is 42.9. The van der Waals surface area contributed by atoms with E-state index in [0.717, 1.165) is 50.5 Å². The van der Waals surface area contributed by atoms with Crippen LogP contribution in [0.15, 0.2) is 30.5 Å². The van der Waals surface area contributed by atoms with Gasteiger partial charge in [-0.25, -0.2) is 4.68 Å². The van der Waals surface area contributed by atoms with Crippen LogP contribution in [0.4, 0.5) is 0 Å². The van der Waals surface area contributed by atoms with Crippen LogP contribution in [0, 0.1) is 0 Å². The van der Waals surface area contributed by atoms with Crippen LogP contribution in [0.1, 0.15) is 270 Å². The lowest BCUT2D eigenvalue weighted by atomic mass is 9.98. The summed E-state index contributed by atoms with van der Waals surface area (Å²) in [6.45, 7) is 7.38. The van der Waals surface area contributed by atoms with E-state index in [9.17, 15) is 25.5 Å². The molecule has 2 heterocycles. The Morgan fingerprint density at radius 1 is 0.542 bits per heavy atom. The molecule has 1 aromatic heterocycles. The van der Waals surface area contributed by atoms with Crippen LogP contribution in [-0.4, -0.2) is 103 Å². The van der Waals surface area contributed by atoms with E-state index in [0.29, 0.717) is 18.7 Å². The van der Waals surface area contributed by atoms with Crippen molar-refractivity contribution in [1.82, 2.24) is 20.3 Å². The van der Waals surface area contributed by atoms with Crippen molar-refractivity contribution in [2.45, 2.75) is 327 Å². The van der Waals surface area contributed by atoms with Gasteiger partial charge in [0.2, 0.25) is 0 Å². The largest absolute Gasteiger partial charge is 0.390 e. The lowest BCUT2D eigenvalue weighted by Gasteiger charge is -2.41. The van der Waals surface area contributed by atoms with E-state index in [4.69, 9.17) is 9.47 Å². The van der Waals surface area contributed by atoms with Crippen LogP contribution in [0.5, 0.6) is 0 Å². The molecule has 2 aromatic rings. The third-order valence-corrected chi connectivity index (χ3v) is 15.4. The predicted octanol–water partition coefficient (Wildman–Crippen LogP) is 13.9. The van der Waals surface area contributed by atoms with E-state index in [1.54, 1.807) is 10.9 Å². The van der Waals surface area contributed by atoms with Gasteiger partial charge < -0.3 is 40.3 Å². The molecule has 0 saturated carbocycles. The normalized spacial score (nSPS) is 19.5. The number of hydrogen-bond acceptors (Lipinski definition) is 10. The topological polar surface area (TPSA) is 162 Å². The molecule has 8 atom stereocenters. The van der Waals surface area contributed by atoms with E-state index in [-0.39, 0.29) is 13.2 Å². The Morgan fingerprint density at radius 2 is 0.972 bits per heavy atom. The van der Waals surface area contributed by atoms with Crippen molar-refractivity contribution in [3.8, 4) is 11.3 Å². The fourth-order valence-electron chi connectivity index (χ4n) is 10.5. The van der Waals surface area contributed by atoms with Crippen LogP contribution in [0.3, 0.4) is 0 Å². The Hall–Kier alpha value is -1.96. The van der Waals surface area contributed by atoms with Crippen molar-refractivity contribution in [2.75, 3.05) is 13.2 Å². The first-order valence-electron chi connectivity index (χ1n) is 30.7. The van der Waals surface area contributed by atoms with E-state index < -0.39 is 49.0 Å². The average Bonchev–Trinajstić information content (AvgIpc) is 3.86. The molecule has 418 valence electrons. The number of hydrogen-bond donors (Lipinski definition) is 6. The summed E-state index contributed by atoms with van der Waals surface area (Å²) in [5.74, 6) is 0. The van der Waals surface area contributed by atoms with Crippen molar-refractivity contribution in [1.29, 1.82) is 0 Å². The second-order valence-corrected chi connectivity index (χ2v) is 22.0. The first kappa shape index (κ1) is 64.3. The van der Waals surface area contributed by atoms with Gasteiger partial charge in [-0.15, -0.1) is 5.10 Å². The Balaban J connectivity index is 1.35. The standard InChI is InChI=1S/C61H112N4O7/c1-4-7-9-11-13-15-17-19-20-21-22-23-24-25-26-27-28-29-30-32-34-36-38-40-47-62-54(57(67)55(66)42-39-37-35-33-31-18-16-14-12-10-8-5-2)50-71-61-60(70)59(69)58(68)56(72-61)49-65-48-53(63-64-65)52-45-43-51(41-6-3)44-46-52/h43-46,48,54-62,66-70H,4-42,47,49-50H2,1-3H3/t54-,55+,56+,57-,58-,59-,60+,61+/m0/s1. The summed E-state index contributed by atoms with van der Waals surface area (Å²) in [4.78, 5) is 0. The second kappa shape index (κ2) is 43.2. The number of ether oxygens (including phenoxy) is 2. The number of nitrogens with zero attached hydrogens (tertiary/aromatic N) is 3. The smallest absolute Gasteiger partial charge is 0.186 e. The third-order valence-electron chi connectivity index (χ3n) is 15.4. The van der Waals surface area contributed by atoms with Gasteiger partial charge in [-0.05, 0) is 31.4 Å². The first-order chi connectivity index (χ1) is 35.3. The first-order valence-corrected chi connectivity index (χ1v) is 30.7. The maximum atomic E-state index is 11.5. The Bertz CT molecular complexity index is 1500. The summed E-state index contributed by atoms with van der Waals surface area (Å²) >= 11 is 0. The molecule has 1 fully saturated rings. The highest BCUT2D eigenvalue weighted by atomic mass is 16.7. The molecular weight excluding hydrogens is 901 g/mol. The minimum Gasteiger partial charge on any atom is -0.390 e. The molecule has 0 amide bonds. The van der Waals surface area contributed by atoms with Crippen LogP contribution >= 0.6 is 0 Å². The van der Waals surface area contributed by atoms with E-state index in [1.807, 2.05) is 12.1 Å². The number of rotatable bonds is 49. The van der Waals surface area contributed by atoms with Gasteiger partial charge in [-0.3, -0.25) is 0 Å². The SMILES string of the molecule is CCCCCCCCCCCCCCCCCCCCCCCCCCN[C@@H](CO[C@@H]1O[C@H](Cn2cc(-c3ccc(CCC)cc3)nn2)[C@H](O)[C@H](O)[C@H]1O)[C@H](O)[C@H](O)CCCCCCCCCCCCCC. The molecule has 0 radical (unpaired) electrons.